The van der Waals surface area contributed by atoms with Crippen LogP contribution < -0.4 is 0 Å². The van der Waals surface area contributed by atoms with Crippen LogP contribution in [0.3, 0.4) is 0 Å². The zero-order chi connectivity index (χ0) is 15.4. The zero-order valence-corrected chi connectivity index (χ0v) is 12.9. The molecule has 0 aliphatic carbocycles. The van der Waals surface area contributed by atoms with Crippen molar-refractivity contribution in [2.75, 3.05) is 20.3 Å². The smallest absolute Gasteiger partial charge is 0.338 e. The summed E-state index contributed by atoms with van der Waals surface area (Å²) >= 11 is 1.57. The number of methoxy groups -OCH3 is 1. The minimum atomic E-state index is -0.355. The van der Waals surface area contributed by atoms with Gasteiger partial charge < -0.3 is 9.47 Å². The summed E-state index contributed by atoms with van der Waals surface area (Å²) < 4.78 is 11.2. The Balaban J connectivity index is 1.95. The van der Waals surface area contributed by atoms with E-state index in [1.165, 1.54) is 0 Å². The fraction of sp³-hybridized carbons (Fsp3) is 0.176. The number of fused-ring (bicyclic) bond motifs is 1. The lowest BCUT2D eigenvalue weighted by atomic mass is 10.1. The molecule has 0 radical (unpaired) electrons. The Morgan fingerprint density at radius 3 is 2.68 bits per heavy atom. The first-order chi connectivity index (χ1) is 10.8. The van der Waals surface area contributed by atoms with E-state index in [2.05, 4.69) is 4.98 Å². The maximum absolute atomic E-state index is 12.2. The number of rotatable bonds is 5. The molecule has 0 amide bonds. The molecule has 3 rings (SSSR count). The van der Waals surface area contributed by atoms with Gasteiger partial charge in [0.15, 0.2) is 0 Å². The molecular formula is C17H15NO3S. The number of benzene rings is 2. The highest BCUT2D eigenvalue weighted by Crippen LogP contribution is 2.32. The van der Waals surface area contributed by atoms with Crippen LogP contribution >= 0.6 is 11.3 Å². The van der Waals surface area contributed by atoms with Crippen LogP contribution in [0.2, 0.25) is 0 Å². The number of para-hydroxylation sites is 1. The molecule has 22 heavy (non-hydrogen) atoms. The minimum Gasteiger partial charge on any atom is -0.460 e. The predicted octanol–water partition coefficient (Wildman–Crippen LogP) is 3.77. The van der Waals surface area contributed by atoms with E-state index in [4.69, 9.17) is 9.47 Å². The first-order valence-corrected chi connectivity index (χ1v) is 7.72. The van der Waals surface area contributed by atoms with Crippen molar-refractivity contribution in [1.82, 2.24) is 4.98 Å². The van der Waals surface area contributed by atoms with Gasteiger partial charge in [0.1, 0.15) is 11.6 Å². The Hall–Kier alpha value is -2.24. The lowest BCUT2D eigenvalue weighted by molar-refractivity contribution is 0.0389. The predicted molar refractivity (Wildman–Crippen MR) is 87.2 cm³/mol. The van der Waals surface area contributed by atoms with Gasteiger partial charge >= 0.3 is 5.97 Å². The van der Waals surface area contributed by atoms with Crippen LogP contribution in [0.4, 0.5) is 0 Å². The van der Waals surface area contributed by atoms with Crippen molar-refractivity contribution >= 4 is 27.5 Å². The number of aromatic nitrogens is 1. The lowest BCUT2D eigenvalue weighted by Crippen LogP contribution is -2.10. The SMILES string of the molecule is COCCOC(=O)c1ccccc1-c1nc2ccccc2s1. The molecule has 0 atom stereocenters. The van der Waals surface area contributed by atoms with E-state index >= 15 is 0 Å². The summed E-state index contributed by atoms with van der Waals surface area (Å²) in [6.07, 6.45) is 0. The van der Waals surface area contributed by atoms with Crippen LogP contribution in [0.15, 0.2) is 48.5 Å². The normalized spacial score (nSPS) is 10.8. The fourth-order valence-electron chi connectivity index (χ4n) is 2.13. The summed E-state index contributed by atoms with van der Waals surface area (Å²) in [5, 5.41) is 0.820. The molecule has 1 heterocycles. The van der Waals surface area contributed by atoms with Gasteiger partial charge in [0, 0.05) is 12.7 Å². The third-order valence-electron chi connectivity index (χ3n) is 3.19. The number of carbonyl (C=O) groups excluding carboxylic acids is 1. The van der Waals surface area contributed by atoms with Gasteiger partial charge in [0.25, 0.3) is 0 Å². The first kappa shape index (κ1) is 14.7. The van der Waals surface area contributed by atoms with Crippen molar-refractivity contribution in [3.8, 4) is 10.6 Å². The molecule has 4 nitrogen and oxygen atoms in total. The second kappa shape index (κ2) is 6.68. The van der Waals surface area contributed by atoms with Crippen molar-refractivity contribution < 1.29 is 14.3 Å². The molecular weight excluding hydrogens is 298 g/mol. The number of ether oxygens (including phenoxy) is 2. The molecule has 0 saturated heterocycles. The van der Waals surface area contributed by atoms with Crippen LogP contribution in [-0.4, -0.2) is 31.3 Å². The third kappa shape index (κ3) is 3.00. The van der Waals surface area contributed by atoms with Crippen LogP contribution in [0.25, 0.3) is 20.8 Å². The average Bonchev–Trinajstić information content (AvgIpc) is 2.99. The second-order valence-electron chi connectivity index (χ2n) is 4.66. The number of nitrogens with zero attached hydrogens (tertiary/aromatic N) is 1. The summed E-state index contributed by atoms with van der Waals surface area (Å²) in [7, 11) is 1.57. The van der Waals surface area contributed by atoms with Crippen molar-refractivity contribution in [2.24, 2.45) is 0 Å². The molecule has 1 aromatic heterocycles. The van der Waals surface area contributed by atoms with Gasteiger partial charge in [-0.2, -0.15) is 0 Å². The maximum Gasteiger partial charge on any atom is 0.338 e. The largest absolute Gasteiger partial charge is 0.460 e. The molecule has 0 aliphatic rings. The van der Waals surface area contributed by atoms with E-state index in [0.717, 1.165) is 20.8 Å². The van der Waals surface area contributed by atoms with Crippen molar-refractivity contribution in [3.63, 3.8) is 0 Å². The van der Waals surface area contributed by atoms with Crippen molar-refractivity contribution in [2.45, 2.75) is 0 Å². The number of hydrogen-bond acceptors (Lipinski definition) is 5. The topological polar surface area (TPSA) is 48.4 Å². The van der Waals surface area contributed by atoms with E-state index in [1.807, 2.05) is 42.5 Å². The van der Waals surface area contributed by atoms with Gasteiger partial charge in [0.2, 0.25) is 0 Å². The number of esters is 1. The Morgan fingerprint density at radius 2 is 1.86 bits per heavy atom. The van der Waals surface area contributed by atoms with E-state index in [-0.39, 0.29) is 12.6 Å². The molecule has 0 bridgehead atoms. The van der Waals surface area contributed by atoms with Gasteiger partial charge in [-0.3, -0.25) is 0 Å². The minimum absolute atomic E-state index is 0.240. The van der Waals surface area contributed by atoms with E-state index in [0.29, 0.717) is 12.2 Å². The third-order valence-corrected chi connectivity index (χ3v) is 4.26. The van der Waals surface area contributed by atoms with Crippen molar-refractivity contribution in [1.29, 1.82) is 0 Å². The molecule has 112 valence electrons. The van der Waals surface area contributed by atoms with Crippen LogP contribution in [0.5, 0.6) is 0 Å². The van der Waals surface area contributed by atoms with Gasteiger partial charge in [0.05, 0.1) is 22.4 Å². The molecule has 0 saturated carbocycles. The molecule has 0 unspecified atom stereocenters. The van der Waals surface area contributed by atoms with Gasteiger partial charge in [-0.05, 0) is 18.2 Å². The highest BCUT2D eigenvalue weighted by molar-refractivity contribution is 7.21. The van der Waals surface area contributed by atoms with E-state index in [9.17, 15) is 4.79 Å². The standard InChI is InChI=1S/C17H15NO3S/c1-20-10-11-21-17(19)13-7-3-2-6-12(13)16-18-14-8-4-5-9-15(14)22-16/h2-9H,10-11H2,1H3. The summed E-state index contributed by atoms with van der Waals surface area (Å²) in [6.45, 7) is 0.624. The summed E-state index contributed by atoms with van der Waals surface area (Å²) in [6, 6.07) is 15.3. The van der Waals surface area contributed by atoms with Gasteiger partial charge in [-0.1, -0.05) is 30.3 Å². The van der Waals surface area contributed by atoms with Crippen LogP contribution in [0.1, 0.15) is 10.4 Å². The Kier molecular flexibility index (Phi) is 4.46. The molecule has 3 aromatic rings. The number of hydrogen-bond donors (Lipinski definition) is 0. The van der Waals surface area contributed by atoms with Crippen LogP contribution in [-0.2, 0) is 9.47 Å². The Bertz CT molecular complexity index is 764. The second-order valence-corrected chi connectivity index (χ2v) is 5.69. The van der Waals surface area contributed by atoms with Gasteiger partial charge in [-0.15, -0.1) is 11.3 Å². The Labute approximate surface area is 132 Å². The molecule has 0 spiro atoms. The Morgan fingerprint density at radius 1 is 1.09 bits per heavy atom. The molecule has 5 heteroatoms. The zero-order valence-electron chi connectivity index (χ0n) is 12.1. The van der Waals surface area contributed by atoms with E-state index < -0.39 is 0 Å². The number of carbonyl (C=O) groups is 1. The molecule has 2 aromatic carbocycles. The highest BCUT2D eigenvalue weighted by Gasteiger charge is 2.16. The average molecular weight is 313 g/mol. The number of thiazole rings is 1. The summed E-state index contributed by atoms with van der Waals surface area (Å²) in [5.74, 6) is -0.355. The summed E-state index contributed by atoms with van der Waals surface area (Å²) in [4.78, 5) is 16.8. The highest BCUT2D eigenvalue weighted by atomic mass is 32.1. The molecule has 0 N–H and O–H groups in total. The quantitative estimate of drug-likeness (QED) is 0.531. The fourth-order valence-corrected chi connectivity index (χ4v) is 3.14. The monoisotopic (exact) mass is 313 g/mol. The lowest BCUT2D eigenvalue weighted by Gasteiger charge is -2.07. The van der Waals surface area contributed by atoms with Gasteiger partial charge in [-0.25, -0.2) is 9.78 Å². The van der Waals surface area contributed by atoms with E-state index in [1.54, 1.807) is 24.5 Å². The maximum atomic E-state index is 12.2. The van der Waals surface area contributed by atoms with Crippen molar-refractivity contribution in [3.05, 3.63) is 54.1 Å². The molecule has 0 fully saturated rings. The summed E-state index contributed by atoms with van der Waals surface area (Å²) in [5.41, 5.74) is 2.26. The first-order valence-electron chi connectivity index (χ1n) is 6.90. The van der Waals surface area contributed by atoms with Crippen LogP contribution in [0, 0.1) is 0 Å². The molecule has 0 aliphatic heterocycles.